The molecule has 2 nitrogen and oxygen atoms in total. The molecule has 106 valence electrons. The maximum atomic E-state index is 13.3. The van der Waals surface area contributed by atoms with Crippen LogP contribution in [0.5, 0.6) is 0 Å². The standard InChI is InChI=1S/C15H22BrFN2/c1-2-19(14-6-4-13(18)5-7-14)10-11-9-12(17)3-8-15(11)16/h3,8-9,13-14H,2,4-7,10,18H2,1H3. The van der Waals surface area contributed by atoms with Gasteiger partial charge in [0.2, 0.25) is 0 Å². The number of hydrogen-bond donors (Lipinski definition) is 1. The molecule has 0 unspecified atom stereocenters. The maximum Gasteiger partial charge on any atom is 0.123 e. The van der Waals surface area contributed by atoms with Crippen molar-refractivity contribution in [2.75, 3.05) is 6.54 Å². The van der Waals surface area contributed by atoms with Gasteiger partial charge in [-0.25, -0.2) is 4.39 Å². The van der Waals surface area contributed by atoms with Crippen molar-refractivity contribution in [2.24, 2.45) is 5.73 Å². The van der Waals surface area contributed by atoms with Crippen LogP contribution in [0.2, 0.25) is 0 Å². The lowest BCUT2D eigenvalue weighted by Gasteiger charge is -2.35. The van der Waals surface area contributed by atoms with E-state index in [1.807, 2.05) is 0 Å². The predicted molar refractivity (Wildman–Crippen MR) is 80.4 cm³/mol. The summed E-state index contributed by atoms with van der Waals surface area (Å²) >= 11 is 3.51. The first kappa shape index (κ1) is 14.9. The molecule has 1 saturated carbocycles. The van der Waals surface area contributed by atoms with Crippen molar-refractivity contribution in [2.45, 2.75) is 51.2 Å². The van der Waals surface area contributed by atoms with Gasteiger partial charge in [-0.3, -0.25) is 4.90 Å². The summed E-state index contributed by atoms with van der Waals surface area (Å²) in [6, 6.07) is 5.86. The summed E-state index contributed by atoms with van der Waals surface area (Å²) in [4.78, 5) is 2.44. The zero-order chi connectivity index (χ0) is 13.8. The first-order chi connectivity index (χ1) is 9.10. The Kier molecular flexibility index (Phi) is 5.37. The van der Waals surface area contributed by atoms with E-state index in [4.69, 9.17) is 5.73 Å². The van der Waals surface area contributed by atoms with Crippen molar-refractivity contribution in [1.29, 1.82) is 0 Å². The number of benzene rings is 1. The first-order valence-electron chi connectivity index (χ1n) is 7.03. The largest absolute Gasteiger partial charge is 0.328 e. The van der Waals surface area contributed by atoms with Gasteiger partial charge >= 0.3 is 0 Å². The molecule has 1 aromatic carbocycles. The Hall–Kier alpha value is -0.450. The molecule has 0 aromatic heterocycles. The summed E-state index contributed by atoms with van der Waals surface area (Å²) in [5.74, 6) is -0.167. The quantitative estimate of drug-likeness (QED) is 0.913. The molecular formula is C15H22BrFN2. The zero-order valence-electron chi connectivity index (χ0n) is 11.4. The minimum atomic E-state index is -0.167. The monoisotopic (exact) mass is 328 g/mol. The number of nitrogens with zero attached hydrogens (tertiary/aromatic N) is 1. The van der Waals surface area contributed by atoms with Crippen LogP contribution >= 0.6 is 15.9 Å². The molecule has 4 heteroatoms. The van der Waals surface area contributed by atoms with Gasteiger partial charge in [-0.15, -0.1) is 0 Å². The minimum absolute atomic E-state index is 0.167. The Labute approximate surface area is 123 Å². The number of hydrogen-bond acceptors (Lipinski definition) is 2. The Morgan fingerprint density at radius 1 is 1.32 bits per heavy atom. The van der Waals surface area contributed by atoms with E-state index in [2.05, 4.69) is 27.8 Å². The Morgan fingerprint density at radius 3 is 2.63 bits per heavy atom. The van der Waals surface area contributed by atoms with Crippen LogP contribution < -0.4 is 5.73 Å². The molecule has 0 atom stereocenters. The third kappa shape index (κ3) is 4.01. The predicted octanol–water partition coefficient (Wildman–Crippen LogP) is 3.68. The molecule has 0 spiro atoms. The topological polar surface area (TPSA) is 29.3 Å². The maximum absolute atomic E-state index is 13.3. The van der Waals surface area contributed by atoms with Gasteiger partial charge in [0.05, 0.1) is 0 Å². The molecule has 1 aliphatic rings. The summed E-state index contributed by atoms with van der Waals surface area (Å²) in [5.41, 5.74) is 6.98. The fourth-order valence-corrected chi connectivity index (χ4v) is 3.22. The van der Waals surface area contributed by atoms with E-state index in [1.165, 1.54) is 6.07 Å². The first-order valence-corrected chi connectivity index (χ1v) is 7.83. The molecule has 1 aromatic rings. The van der Waals surface area contributed by atoms with Gasteiger partial charge in [-0.1, -0.05) is 22.9 Å². The summed E-state index contributed by atoms with van der Waals surface area (Å²) in [5, 5.41) is 0. The van der Waals surface area contributed by atoms with Gasteiger partial charge < -0.3 is 5.73 Å². The van der Waals surface area contributed by atoms with Crippen molar-refractivity contribution >= 4 is 15.9 Å². The van der Waals surface area contributed by atoms with Crippen molar-refractivity contribution in [3.05, 3.63) is 34.1 Å². The molecule has 2 N–H and O–H groups in total. The molecule has 0 bridgehead atoms. The van der Waals surface area contributed by atoms with Crippen molar-refractivity contribution in [1.82, 2.24) is 4.90 Å². The second-order valence-electron chi connectivity index (χ2n) is 5.37. The highest BCUT2D eigenvalue weighted by atomic mass is 79.9. The highest BCUT2D eigenvalue weighted by molar-refractivity contribution is 9.10. The SMILES string of the molecule is CCN(Cc1cc(F)ccc1Br)C1CCC(N)CC1. The van der Waals surface area contributed by atoms with Crippen LogP contribution in [-0.4, -0.2) is 23.5 Å². The summed E-state index contributed by atoms with van der Waals surface area (Å²) in [7, 11) is 0. The fourth-order valence-electron chi connectivity index (χ4n) is 2.85. The third-order valence-corrected chi connectivity index (χ3v) is 4.82. The number of nitrogens with two attached hydrogens (primary N) is 1. The Bertz CT molecular complexity index is 417. The van der Waals surface area contributed by atoms with Crippen molar-refractivity contribution in [3.63, 3.8) is 0 Å². The van der Waals surface area contributed by atoms with E-state index < -0.39 is 0 Å². The van der Waals surface area contributed by atoms with E-state index >= 15 is 0 Å². The molecular weight excluding hydrogens is 307 g/mol. The van der Waals surface area contributed by atoms with Gasteiger partial charge in [0.25, 0.3) is 0 Å². The fraction of sp³-hybridized carbons (Fsp3) is 0.600. The van der Waals surface area contributed by atoms with Gasteiger partial charge in [0, 0.05) is 23.1 Å². The summed E-state index contributed by atoms with van der Waals surface area (Å²) < 4.78 is 14.3. The highest BCUT2D eigenvalue weighted by Gasteiger charge is 2.23. The van der Waals surface area contributed by atoms with Gasteiger partial charge in [0.15, 0.2) is 0 Å². The van der Waals surface area contributed by atoms with Crippen LogP contribution in [0.1, 0.15) is 38.2 Å². The average molecular weight is 329 g/mol. The van der Waals surface area contributed by atoms with Crippen LogP contribution in [0.15, 0.2) is 22.7 Å². The van der Waals surface area contributed by atoms with Crippen LogP contribution in [0, 0.1) is 5.82 Å². The molecule has 1 fully saturated rings. The van der Waals surface area contributed by atoms with E-state index in [0.29, 0.717) is 12.1 Å². The van der Waals surface area contributed by atoms with E-state index in [-0.39, 0.29) is 5.82 Å². The molecule has 0 saturated heterocycles. The molecule has 0 heterocycles. The summed E-state index contributed by atoms with van der Waals surface area (Å²) in [6.45, 7) is 3.96. The molecule has 0 radical (unpaired) electrons. The molecule has 0 amide bonds. The van der Waals surface area contributed by atoms with Gasteiger partial charge in [-0.2, -0.15) is 0 Å². The Morgan fingerprint density at radius 2 is 2.00 bits per heavy atom. The molecule has 19 heavy (non-hydrogen) atoms. The lowest BCUT2D eigenvalue weighted by atomic mass is 9.90. The van der Waals surface area contributed by atoms with Crippen LogP contribution in [0.25, 0.3) is 0 Å². The second-order valence-corrected chi connectivity index (χ2v) is 6.22. The Balaban J connectivity index is 2.04. The molecule has 0 aliphatic heterocycles. The van der Waals surface area contributed by atoms with Crippen LogP contribution in [0.3, 0.4) is 0 Å². The third-order valence-electron chi connectivity index (χ3n) is 4.05. The van der Waals surface area contributed by atoms with Crippen LogP contribution in [0.4, 0.5) is 4.39 Å². The zero-order valence-corrected chi connectivity index (χ0v) is 13.0. The lowest BCUT2D eigenvalue weighted by molar-refractivity contribution is 0.149. The van der Waals surface area contributed by atoms with E-state index in [9.17, 15) is 4.39 Å². The smallest absolute Gasteiger partial charge is 0.123 e. The number of rotatable bonds is 4. The summed E-state index contributed by atoms with van der Waals surface area (Å²) in [6.07, 6.45) is 4.51. The minimum Gasteiger partial charge on any atom is -0.328 e. The van der Waals surface area contributed by atoms with Crippen molar-refractivity contribution in [3.8, 4) is 0 Å². The second kappa shape index (κ2) is 6.82. The number of halogens is 2. The molecule has 2 rings (SSSR count). The normalized spacial score (nSPS) is 23.8. The van der Waals surface area contributed by atoms with E-state index in [1.54, 1.807) is 12.1 Å². The van der Waals surface area contributed by atoms with Crippen molar-refractivity contribution < 1.29 is 4.39 Å². The van der Waals surface area contributed by atoms with Gasteiger partial charge in [-0.05, 0) is 56.0 Å². The average Bonchev–Trinajstić information content (AvgIpc) is 2.41. The van der Waals surface area contributed by atoms with Crippen LogP contribution in [-0.2, 0) is 6.54 Å². The van der Waals surface area contributed by atoms with E-state index in [0.717, 1.165) is 48.8 Å². The molecule has 1 aliphatic carbocycles. The highest BCUT2D eigenvalue weighted by Crippen LogP contribution is 2.26. The lowest BCUT2D eigenvalue weighted by Crippen LogP contribution is -2.40. The van der Waals surface area contributed by atoms with Gasteiger partial charge in [0.1, 0.15) is 5.82 Å².